The van der Waals surface area contributed by atoms with Crippen molar-refractivity contribution in [2.45, 2.75) is 26.9 Å². The van der Waals surface area contributed by atoms with Gasteiger partial charge in [0.25, 0.3) is 0 Å². The fraction of sp³-hybridized carbons (Fsp3) is 0.400. The van der Waals surface area contributed by atoms with E-state index >= 15 is 0 Å². The van der Waals surface area contributed by atoms with Crippen molar-refractivity contribution in [1.82, 2.24) is 9.88 Å². The summed E-state index contributed by atoms with van der Waals surface area (Å²) in [6, 6.07) is 4.04. The van der Waals surface area contributed by atoms with Gasteiger partial charge >= 0.3 is 0 Å². The zero-order valence-electron chi connectivity index (χ0n) is 7.87. The Balaban J connectivity index is 2.30. The second-order valence-electron chi connectivity index (χ2n) is 3.43. The summed E-state index contributed by atoms with van der Waals surface area (Å²) in [6.45, 7) is 4.96. The molecule has 0 fully saturated rings. The molecule has 0 radical (unpaired) electrons. The number of hydrogen-bond acceptors (Lipinski definition) is 2. The quantitative estimate of drug-likeness (QED) is 0.596. The second kappa shape index (κ2) is 2.83. The summed E-state index contributed by atoms with van der Waals surface area (Å²) in [5.41, 5.74) is 3.25. The third-order valence-corrected chi connectivity index (χ3v) is 2.35. The number of hydrogen-bond donors (Lipinski definition) is 0. The smallest absolute Gasteiger partial charge is 0.220 e. The van der Waals surface area contributed by atoms with Crippen molar-refractivity contribution in [2.75, 3.05) is 0 Å². The molecule has 0 saturated heterocycles. The lowest BCUT2D eigenvalue weighted by Gasteiger charge is -2.10. The van der Waals surface area contributed by atoms with E-state index < -0.39 is 0 Å². The summed E-state index contributed by atoms with van der Waals surface area (Å²) in [5.74, 6) is 0.121. The maximum atomic E-state index is 11.1. The minimum atomic E-state index is 0.121. The average molecular weight is 176 g/mol. The van der Waals surface area contributed by atoms with E-state index in [4.69, 9.17) is 0 Å². The number of carbonyl (C=O) groups is 1. The number of pyridine rings is 1. The van der Waals surface area contributed by atoms with E-state index in [1.54, 1.807) is 11.8 Å². The van der Waals surface area contributed by atoms with E-state index in [2.05, 4.69) is 11.1 Å². The van der Waals surface area contributed by atoms with Crippen LogP contribution in [0.4, 0.5) is 0 Å². The van der Waals surface area contributed by atoms with Gasteiger partial charge in [-0.15, -0.1) is 0 Å². The molecule has 1 aliphatic heterocycles. The zero-order valence-corrected chi connectivity index (χ0v) is 7.87. The molecule has 13 heavy (non-hydrogen) atoms. The third kappa shape index (κ3) is 1.41. The normalized spacial score (nSPS) is 14.5. The van der Waals surface area contributed by atoms with Crippen LogP contribution < -0.4 is 0 Å². The predicted molar refractivity (Wildman–Crippen MR) is 48.9 cm³/mol. The Morgan fingerprint density at radius 1 is 1.46 bits per heavy atom. The largest absolute Gasteiger partial charge is 0.333 e. The molecule has 2 rings (SSSR count). The molecule has 0 aromatic carbocycles. The molecule has 1 aromatic heterocycles. The summed E-state index contributed by atoms with van der Waals surface area (Å²) in [6.07, 6.45) is 0. The molecule has 3 heteroatoms. The van der Waals surface area contributed by atoms with Crippen molar-refractivity contribution in [2.24, 2.45) is 0 Å². The third-order valence-electron chi connectivity index (χ3n) is 2.35. The first-order valence-electron chi connectivity index (χ1n) is 4.38. The van der Waals surface area contributed by atoms with Gasteiger partial charge in [-0.05, 0) is 18.6 Å². The van der Waals surface area contributed by atoms with Crippen LogP contribution in [0.1, 0.15) is 23.9 Å². The highest BCUT2D eigenvalue weighted by molar-refractivity contribution is 5.73. The van der Waals surface area contributed by atoms with Gasteiger partial charge in [-0.25, -0.2) is 0 Å². The molecule has 0 aliphatic carbocycles. The Morgan fingerprint density at radius 3 is 2.92 bits per heavy atom. The first kappa shape index (κ1) is 8.23. The van der Waals surface area contributed by atoms with E-state index in [0.717, 1.165) is 17.9 Å². The standard InChI is InChI=1S/C10H12N2O/c1-7-3-4-9-5-12(8(2)13)6-10(9)11-7/h3-4H,5-6H2,1-2H3. The molecule has 0 unspecified atom stereocenters. The number of carbonyl (C=O) groups excluding carboxylic acids is 1. The molecule has 1 aliphatic rings. The fourth-order valence-electron chi connectivity index (χ4n) is 1.59. The molecular weight excluding hydrogens is 164 g/mol. The molecule has 3 nitrogen and oxygen atoms in total. The van der Waals surface area contributed by atoms with Crippen molar-refractivity contribution < 1.29 is 4.79 Å². The average Bonchev–Trinajstić information content (AvgIpc) is 2.46. The van der Waals surface area contributed by atoms with Crippen LogP contribution in [0.25, 0.3) is 0 Å². The van der Waals surface area contributed by atoms with E-state index in [0.29, 0.717) is 6.54 Å². The molecule has 0 bridgehead atoms. The number of aromatic nitrogens is 1. The molecule has 2 heterocycles. The zero-order chi connectivity index (χ0) is 9.42. The van der Waals surface area contributed by atoms with Crippen LogP contribution in [0.2, 0.25) is 0 Å². The van der Waals surface area contributed by atoms with Gasteiger partial charge in [0, 0.05) is 19.2 Å². The van der Waals surface area contributed by atoms with Crippen LogP contribution in [-0.2, 0) is 17.9 Å². The summed E-state index contributed by atoms with van der Waals surface area (Å²) in [5, 5.41) is 0. The summed E-state index contributed by atoms with van der Waals surface area (Å²) in [4.78, 5) is 17.3. The predicted octanol–water partition coefficient (Wildman–Crippen LogP) is 1.25. The van der Waals surface area contributed by atoms with E-state index in [1.165, 1.54) is 5.56 Å². The van der Waals surface area contributed by atoms with Crippen LogP contribution in [0.5, 0.6) is 0 Å². The van der Waals surface area contributed by atoms with Crippen molar-refractivity contribution in [3.63, 3.8) is 0 Å². The minimum absolute atomic E-state index is 0.121. The molecule has 0 N–H and O–H groups in total. The summed E-state index contributed by atoms with van der Waals surface area (Å²) in [7, 11) is 0. The first-order valence-corrected chi connectivity index (χ1v) is 4.38. The Bertz CT molecular complexity index is 360. The highest BCUT2D eigenvalue weighted by atomic mass is 16.2. The van der Waals surface area contributed by atoms with Crippen LogP contribution in [0.3, 0.4) is 0 Å². The Kier molecular flexibility index (Phi) is 1.79. The van der Waals surface area contributed by atoms with Gasteiger partial charge < -0.3 is 4.90 Å². The number of aryl methyl sites for hydroxylation is 1. The molecular formula is C10H12N2O. The van der Waals surface area contributed by atoms with E-state index in [1.807, 2.05) is 13.0 Å². The highest BCUT2D eigenvalue weighted by Gasteiger charge is 2.21. The number of nitrogens with zero attached hydrogens (tertiary/aromatic N) is 2. The van der Waals surface area contributed by atoms with Crippen molar-refractivity contribution >= 4 is 5.91 Å². The topological polar surface area (TPSA) is 33.2 Å². The maximum absolute atomic E-state index is 11.1. The summed E-state index contributed by atoms with van der Waals surface area (Å²) >= 11 is 0. The molecule has 1 amide bonds. The SMILES string of the molecule is CC(=O)N1Cc2ccc(C)nc2C1. The fourth-order valence-corrected chi connectivity index (χ4v) is 1.59. The van der Waals surface area contributed by atoms with Gasteiger partial charge in [0.05, 0.1) is 12.2 Å². The van der Waals surface area contributed by atoms with Gasteiger partial charge in [0.15, 0.2) is 0 Å². The van der Waals surface area contributed by atoms with E-state index in [9.17, 15) is 4.79 Å². The summed E-state index contributed by atoms with van der Waals surface area (Å²) < 4.78 is 0. The monoisotopic (exact) mass is 176 g/mol. The Morgan fingerprint density at radius 2 is 2.23 bits per heavy atom. The van der Waals surface area contributed by atoms with E-state index in [-0.39, 0.29) is 5.91 Å². The number of rotatable bonds is 0. The highest BCUT2D eigenvalue weighted by Crippen LogP contribution is 2.20. The van der Waals surface area contributed by atoms with Crippen LogP contribution in [-0.4, -0.2) is 15.8 Å². The van der Waals surface area contributed by atoms with Crippen molar-refractivity contribution in [3.8, 4) is 0 Å². The van der Waals surface area contributed by atoms with Gasteiger partial charge in [-0.3, -0.25) is 9.78 Å². The van der Waals surface area contributed by atoms with Gasteiger partial charge in [0.1, 0.15) is 0 Å². The molecule has 68 valence electrons. The minimum Gasteiger partial charge on any atom is -0.333 e. The molecule has 0 spiro atoms. The number of fused-ring (bicyclic) bond motifs is 1. The van der Waals surface area contributed by atoms with Crippen LogP contribution in [0.15, 0.2) is 12.1 Å². The van der Waals surface area contributed by atoms with Crippen molar-refractivity contribution in [3.05, 3.63) is 29.1 Å². The lowest BCUT2D eigenvalue weighted by molar-refractivity contribution is -0.129. The Labute approximate surface area is 77.4 Å². The van der Waals surface area contributed by atoms with Crippen molar-refractivity contribution in [1.29, 1.82) is 0 Å². The lowest BCUT2D eigenvalue weighted by atomic mass is 10.2. The first-order chi connectivity index (χ1) is 6.16. The van der Waals surface area contributed by atoms with Crippen LogP contribution >= 0.6 is 0 Å². The van der Waals surface area contributed by atoms with Gasteiger partial charge in [-0.1, -0.05) is 6.07 Å². The van der Waals surface area contributed by atoms with Gasteiger partial charge in [0.2, 0.25) is 5.91 Å². The second-order valence-corrected chi connectivity index (χ2v) is 3.43. The Hall–Kier alpha value is -1.38. The lowest BCUT2D eigenvalue weighted by Crippen LogP contribution is -2.21. The molecule has 1 aromatic rings. The molecule has 0 atom stereocenters. The number of amides is 1. The maximum Gasteiger partial charge on any atom is 0.220 e. The van der Waals surface area contributed by atoms with Crippen LogP contribution in [0, 0.1) is 6.92 Å². The molecule has 0 saturated carbocycles. The van der Waals surface area contributed by atoms with Gasteiger partial charge in [-0.2, -0.15) is 0 Å².